The molecule has 39 heavy (non-hydrogen) atoms. The van der Waals surface area contributed by atoms with Crippen LogP contribution in [0.1, 0.15) is 48.5 Å². The minimum atomic E-state index is -0.984. The minimum Gasteiger partial charge on any atom is -0.500 e. The van der Waals surface area contributed by atoms with E-state index in [1.807, 2.05) is 36.4 Å². The monoisotopic (exact) mass is 530 g/mol. The van der Waals surface area contributed by atoms with Crippen molar-refractivity contribution in [2.75, 3.05) is 7.11 Å². The first-order chi connectivity index (χ1) is 18.8. The molecule has 10 nitrogen and oxygen atoms in total. The molecule has 0 amide bonds. The summed E-state index contributed by atoms with van der Waals surface area (Å²) in [6, 6.07) is 15.3. The number of ketones is 1. The van der Waals surface area contributed by atoms with Crippen molar-refractivity contribution in [3.05, 3.63) is 110 Å². The number of rotatable bonds is 7. The van der Waals surface area contributed by atoms with Crippen molar-refractivity contribution in [1.82, 2.24) is 5.32 Å². The quantitative estimate of drug-likeness (QED) is 0.245. The lowest BCUT2D eigenvalue weighted by atomic mass is 9.72. The second-order valence-corrected chi connectivity index (χ2v) is 9.44. The van der Waals surface area contributed by atoms with Gasteiger partial charge in [-0.25, -0.2) is 4.79 Å². The summed E-state index contributed by atoms with van der Waals surface area (Å²) in [4.78, 5) is 38.3. The highest BCUT2D eigenvalue weighted by atomic mass is 16.6. The number of phenolic OH excluding ortho intramolecular Hbond substituents is 1. The Bertz CT molecular complexity index is 1510. The first-order valence-corrected chi connectivity index (χ1v) is 12.3. The Morgan fingerprint density at radius 3 is 2.62 bits per heavy atom. The molecule has 0 saturated carbocycles. The topological polar surface area (TPSA) is 141 Å². The Kier molecular flexibility index (Phi) is 6.93. The number of allylic oxidation sites excluding steroid dienone is 3. The van der Waals surface area contributed by atoms with Crippen molar-refractivity contribution < 1.29 is 33.5 Å². The Labute approximate surface area is 223 Å². The molecule has 5 rings (SSSR count). The molecule has 0 unspecified atom stereocenters. The van der Waals surface area contributed by atoms with Crippen LogP contribution < -0.4 is 10.1 Å². The number of carbonyl (C=O) groups is 2. The summed E-state index contributed by atoms with van der Waals surface area (Å²) in [7, 11) is 1.27. The molecule has 0 bridgehead atoms. The van der Waals surface area contributed by atoms with E-state index >= 15 is 0 Å². The number of carbonyl (C=O) groups excluding carboxylic acids is 2. The number of nitrogens with one attached hydrogen (secondary N) is 1. The number of nitro groups is 1. The maximum atomic E-state index is 13.7. The molecule has 2 aromatic carbocycles. The van der Waals surface area contributed by atoms with Gasteiger partial charge in [0.2, 0.25) is 5.75 Å². The third-order valence-electron chi connectivity index (χ3n) is 7.03. The van der Waals surface area contributed by atoms with Crippen LogP contribution in [0.5, 0.6) is 11.5 Å². The molecule has 0 spiro atoms. The maximum absolute atomic E-state index is 13.7. The number of nitrogens with zero attached hydrogens (tertiary/aromatic N) is 1. The Morgan fingerprint density at radius 1 is 1.18 bits per heavy atom. The van der Waals surface area contributed by atoms with E-state index in [1.165, 1.54) is 19.2 Å². The Hall–Kier alpha value is -4.86. The number of aromatic hydroxyl groups is 1. The second kappa shape index (κ2) is 10.5. The zero-order valence-corrected chi connectivity index (χ0v) is 21.3. The zero-order valence-electron chi connectivity index (χ0n) is 21.3. The van der Waals surface area contributed by atoms with Gasteiger partial charge in [0, 0.05) is 41.3 Å². The van der Waals surface area contributed by atoms with Gasteiger partial charge in [0.15, 0.2) is 11.5 Å². The van der Waals surface area contributed by atoms with Crippen LogP contribution in [0.25, 0.3) is 0 Å². The second-order valence-electron chi connectivity index (χ2n) is 9.44. The smallest absolute Gasteiger partial charge is 0.337 e. The summed E-state index contributed by atoms with van der Waals surface area (Å²) in [5.74, 6) is -2.21. The zero-order chi connectivity index (χ0) is 27.7. The van der Waals surface area contributed by atoms with Crippen LogP contribution in [-0.4, -0.2) is 28.9 Å². The molecule has 2 aliphatic rings. The first-order valence-electron chi connectivity index (χ1n) is 12.3. The number of methoxy groups -OCH3 is 1. The number of hydrogen-bond acceptors (Lipinski definition) is 9. The minimum absolute atomic E-state index is 0.00262. The molecule has 1 aromatic heterocycles. The van der Waals surface area contributed by atoms with E-state index in [0.29, 0.717) is 29.1 Å². The number of furan rings is 1. The number of benzene rings is 2. The van der Waals surface area contributed by atoms with Gasteiger partial charge in [-0.05, 0) is 42.7 Å². The number of dihydropyridines is 1. The number of hydrogen-bond donors (Lipinski definition) is 2. The van der Waals surface area contributed by atoms with Gasteiger partial charge in [-0.2, -0.15) is 0 Å². The Balaban J connectivity index is 1.61. The van der Waals surface area contributed by atoms with Crippen molar-refractivity contribution in [3.63, 3.8) is 0 Å². The average molecular weight is 531 g/mol. The van der Waals surface area contributed by atoms with E-state index in [0.717, 1.165) is 5.56 Å². The van der Waals surface area contributed by atoms with Crippen LogP contribution >= 0.6 is 0 Å². The molecule has 2 atom stereocenters. The fraction of sp³-hybridized carbons (Fsp3) is 0.241. The van der Waals surface area contributed by atoms with Crippen LogP contribution in [0.3, 0.4) is 0 Å². The van der Waals surface area contributed by atoms with E-state index in [1.54, 1.807) is 19.3 Å². The lowest BCUT2D eigenvalue weighted by Gasteiger charge is -2.36. The molecule has 200 valence electrons. The highest BCUT2D eigenvalue weighted by Gasteiger charge is 2.43. The van der Waals surface area contributed by atoms with Crippen molar-refractivity contribution in [3.8, 4) is 11.5 Å². The first kappa shape index (κ1) is 25.8. The lowest BCUT2D eigenvalue weighted by Crippen LogP contribution is -2.36. The Morgan fingerprint density at radius 2 is 1.95 bits per heavy atom. The van der Waals surface area contributed by atoms with Crippen LogP contribution in [0.2, 0.25) is 0 Å². The van der Waals surface area contributed by atoms with Crippen LogP contribution in [0, 0.1) is 10.1 Å². The molecule has 0 fully saturated rings. The summed E-state index contributed by atoms with van der Waals surface area (Å²) < 4.78 is 16.4. The van der Waals surface area contributed by atoms with Gasteiger partial charge >= 0.3 is 11.7 Å². The van der Waals surface area contributed by atoms with Gasteiger partial charge in [0.1, 0.15) is 12.4 Å². The summed E-state index contributed by atoms with van der Waals surface area (Å²) >= 11 is 0. The molecule has 1 aliphatic carbocycles. The van der Waals surface area contributed by atoms with Crippen LogP contribution in [0.4, 0.5) is 5.69 Å². The fourth-order valence-electron chi connectivity index (χ4n) is 5.24. The molecule has 10 heteroatoms. The number of phenols is 1. The van der Waals surface area contributed by atoms with Gasteiger partial charge in [-0.3, -0.25) is 14.9 Å². The number of Topliss-reactive ketones (excluding diaryl/α,β-unsaturated/α-hetero) is 1. The van der Waals surface area contributed by atoms with E-state index in [9.17, 15) is 24.8 Å². The SMILES string of the molecule is COc1cc([C@H]2C(C(=O)OCc3ccccc3)=C(C)NC3=C2C(=O)C[C@@H](c2ccco2)C3)cc([N+](=O)[O-])c1O. The third kappa shape index (κ3) is 4.88. The summed E-state index contributed by atoms with van der Waals surface area (Å²) in [6.45, 7) is 1.70. The van der Waals surface area contributed by atoms with Gasteiger partial charge < -0.3 is 24.3 Å². The van der Waals surface area contributed by atoms with E-state index in [2.05, 4.69) is 5.32 Å². The van der Waals surface area contributed by atoms with E-state index in [4.69, 9.17) is 13.9 Å². The summed E-state index contributed by atoms with van der Waals surface area (Å²) in [5.41, 5.74) is 1.95. The van der Waals surface area contributed by atoms with Gasteiger partial charge in [-0.15, -0.1) is 0 Å². The molecular formula is C29H26N2O8. The van der Waals surface area contributed by atoms with Crippen molar-refractivity contribution >= 4 is 17.4 Å². The maximum Gasteiger partial charge on any atom is 0.337 e. The van der Waals surface area contributed by atoms with Crippen molar-refractivity contribution in [1.29, 1.82) is 0 Å². The third-order valence-corrected chi connectivity index (χ3v) is 7.03. The number of ether oxygens (including phenoxy) is 2. The summed E-state index contributed by atoms with van der Waals surface area (Å²) in [6.07, 6.45) is 2.12. The molecule has 0 saturated heterocycles. The lowest BCUT2D eigenvalue weighted by molar-refractivity contribution is -0.386. The number of esters is 1. The highest BCUT2D eigenvalue weighted by Crippen LogP contribution is 2.48. The van der Waals surface area contributed by atoms with Crippen LogP contribution in [0.15, 0.2) is 87.8 Å². The average Bonchev–Trinajstić information content (AvgIpc) is 3.47. The van der Waals surface area contributed by atoms with Gasteiger partial charge in [0.25, 0.3) is 0 Å². The van der Waals surface area contributed by atoms with Crippen LogP contribution in [-0.2, 0) is 20.9 Å². The fourth-order valence-corrected chi connectivity index (χ4v) is 5.24. The molecule has 1 aliphatic heterocycles. The standard InChI is InChI=1S/C29H26N2O8/c1-16-25(29(34)39-15-17-7-4-3-5-8-17)26(19-12-21(31(35)36)28(33)24(14-19)37-2)27-20(30-16)11-18(13-22(27)32)23-9-6-10-38-23/h3-10,12,14,18,26,30,33H,11,13,15H2,1-2H3/t18-,26-/m0/s1. The van der Waals surface area contributed by atoms with Gasteiger partial charge in [0.05, 0.1) is 23.9 Å². The molecule has 3 aromatic rings. The molecular weight excluding hydrogens is 504 g/mol. The highest BCUT2D eigenvalue weighted by molar-refractivity contribution is 6.04. The molecule has 0 radical (unpaired) electrons. The van der Waals surface area contributed by atoms with E-state index in [-0.39, 0.29) is 41.6 Å². The van der Waals surface area contributed by atoms with Crippen molar-refractivity contribution in [2.24, 2.45) is 0 Å². The van der Waals surface area contributed by atoms with Crippen molar-refractivity contribution in [2.45, 2.75) is 38.2 Å². The van der Waals surface area contributed by atoms with E-state index < -0.39 is 28.2 Å². The number of nitro benzene ring substituents is 1. The molecule has 2 heterocycles. The normalized spacial score (nSPS) is 18.9. The predicted octanol–water partition coefficient (Wildman–Crippen LogP) is 5.01. The summed E-state index contributed by atoms with van der Waals surface area (Å²) in [5, 5.41) is 25.4. The predicted molar refractivity (Wildman–Crippen MR) is 139 cm³/mol. The van der Waals surface area contributed by atoms with Gasteiger partial charge in [-0.1, -0.05) is 30.3 Å². The largest absolute Gasteiger partial charge is 0.500 e. The molecule has 2 N–H and O–H groups in total.